The maximum atomic E-state index is 12.1. The van der Waals surface area contributed by atoms with Crippen molar-refractivity contribution in [3.05, 3.63) is 95.7 Å². The van der Waals surface area contributed by atoms with Gasteiger partial charge in [-0.3, -0.25) is 9.69 Å². The van der Waals surface area contributed by atoms with Crippen molar-refractivity contribution in [1.29, 1.82) is 0 Å². The van der Waals surface area contributed by atoms with Gasteiger partial charge in [-0.15, -0.1) is 0 Å². The number of fused-ring (bicyclic) bond motifs is 1. The fourth-order valence-corrected chi connectivity index (χ4v) is 5.12. The molecule has 1 N–H and O–H groups in total. The van der Waals surface area contributed by atoms with Gasteiger partial charge >= 0.3 is 0 Å². The van der Waals surface area contributed by atoms with Crippen LogP contribution >= 0.6 is 0 Å². The van der Waals surface area contributed by atoms with Crippen molar-refractivity contribution in [2.45, 2.75) is 59.9 Å². The topological polar surface area (TPSA) is 37.3 Å². The van der Waals surface area contributed by atoms with E-state index in [0.717, 1.165) is 38.2 Å². The molecule has 0 spiro atoms. The van der Waals surface area contributed by atoms with Crippen LogP contribution in [0.25, 0.3) is 16.6 Å². The lowest BCUT2D eigenvalue weighted by Crippen LogP contribution is -2.32. The summed E-state index contributed by atoms with van der Waals surface area (Å²) in [4.78, 5) is 14.7. The standard InChI is InChI=1S/C31H35N3O.C2H6/c1-22(2)31(35)32-27-8-4-6-25(20-27)24-14-17-33(18-15-24)21-26-7-5-9-30-29(26)16-19-34(30)28-12-10-23(3)11-13-28;1-2/h4-13,16,19-20,22,24H,14-15,17-18,21H2,1-3H3,(H,32,35);1-2H3. The number of hydrogen-bond donors (Lipinski definition) is 1. The van der Waals surface area contributed by atoms with Crippen LogP contribution in [0, 0.1) is 12.8 Å². The Balaban J connectivity index is 0.00000156. The molecule has 4 nitrogen and oxygen atoms in total. The zero-order valence-electron chi connectivity index (χ0n) is 23.0. The molecule has 2 heterocycles. The summed E-state index contributed by atoms with van der Waals surface area (Å²) < 4.78 is 2.29. The van der Waals surface area contributed by atoms with Crippen LogP contribution in [-0.2, 0) is 11.3 Å². The zero-order valence-corrected chi connectivity index (χ0v) is 23.0. The van der Waals surface area contributed by atoms with Crippen molar-refractivity contribution >= 4 is 22.5 Å². The van der Waals surface area contributed by atoms with E-state index >= 15 is 0 Å². The summed E-state index contributed by atoms with van der Waals surface area (Å²) in [5.41, 5.74) is 7.39. The highest BCUT2D eigenvalue weighted by Gasteiger charge is 2.22. The molecule has 4 aromatic rings. The first-order chi connectivity index (χ1) is 18.0. The molecule has 0 radical (unpaired) electrons. The Hall–Kier alpha value is -3.37. The van der Waals surface area contributed by atoms with Crippen LogP contribution in [0.5, 0.6) is 0 Å². The van der Waals surface area contributed by atoms with Gasteiger partial charge in [0.2, 0.25) is 5.91 Å². The predicted octanol–water partition coefficient (Wildman–Crippen LogP) is 7.94. The van der Waals surface area contributed by atoms with Crippen molar-refractivity contribution < 1.29 is 4.79 Å². The molecule has 1 amide bonds. The second-order valence-electron chi connectivity index (χ2n) is 10.2. The molecule has 0 atom stereocenters. The molecule has 3 aromatic carbocycles. The molecule has 1 saturated heterocycles. The van der Waals surface area contributed by atoms with Gasteiger partial charge in [-0.1, -0.05) is 69.7 Å². The number of aromatic nitrogens is 1. The van der Waals surface area contributed by atoms with Crippen molar-refractivity contribution in [1.82, 2.24) is 9.47 Å². The minimum atomic E-state index is -0.0138. The smallest absolute Gasteiger partial charge is 0.226 e. The van der Waals surface area contributed by atoms with Crippen molar-refractivity contribution in [3.63, 3.8) is 0 Å². The third-order valence-electron chi connectivity index (χ3n) is 7.27. The summed E-state index contributed by atoms with van der Waals surface area (Å²) in [6, 6.07) is 26.1. The van der Waals surface area contributed by atoms with E-state index in [1.54, 1.807) is 0 Å². The summed E-state index contributed by atoms with van der Waals surface area (Å²) in [5.74, 6) is 0.600. The van der Waals surface area contributed by atoms with Gasteiger partial charge in [-0.25, -0.2) is 0 Å². The Morgan fingerprint density at radius 2 is 1.65 bits per heavy atom. The number of nitrogens with zero attached hydrogens (tertiary/aromatic N) is 2. The highest BCUT2D eigenvalue weighted by Crippen LogP contribution is 2.31. The van der Waals surface area contributed by atoms with Gasteiger partial charge in [0.1, 0.15) is 0 Å². The van der Waals surface area contributed by atoms with Gasteiger partial charge in [0.25, 0.3) is 0 Å². The van der Waals surface area contributed by atoms with Gasteiger partial charge in [0.05, 0.1) is 5.52 Å². The first-order valence-electron chi connectivity index (χ1n) is 13.8. The number of carbonyl (C=O) groups is 1. The molecule has 4 heteroatoms. The zero-order chi connectivity index (χ0) is 26.4. The number of amides is 1. The first-order valence-corrected chi connectivity index (χ1v) is 13.8. The Kier molecular flexibility index (Phi) is 8.83. The lowest BCUT2D eigenvalue weighted by Gasteiger charge is -2.32. The second kappa shape index (κ2) is 12.2. The second-order valence-corrected chi connectivity index (χ2v) is 10.2. The Labute approximate surface area is 222 Å². The number of carbonyl (C=O) groups excluding carboxylic acids is 1. The predicted molar refractivity (Wildman–Crippen MR) is 157 cm³/mol. The van der Waals surface area contributed by atoms with Crippen LogP contribution in [0.3, 0.4) is 0 Å². The van der Waals surface area contributed by atoms with Crippen molar-refractivity contribution in [2.24, 2.45) is 5.92 Å². The highest BCUT2D eigenvalue weighted by atomic mass is 16.1. The molecule has 0 saturated carbocycles. The van der Waals surface area contributed by atoms with Crippen LogP contribution in [0.4, 0.5) is 5.69 Å². The SMILES string of the molecule is CC.Cc1ccc(-n2ccc3c(CN4CCC(c5cccc(NC(=O)C(C)C)c5)CC4)cccc32)cc1. The van der Waals surface area contributed by atoms with E-state index in [4.69, 9.17) is 0 Å². The van der Waals surface area contributed by atoms with E-state index in [9.17, 15) is 4.79 Å². The molecule has 1 aliphatic heterocycles. The average Bonchev–Trinajstić information content (AvgIpc) is 3.36. The van der Waals surface area contributed by atoms with Crippen LogP contribution < -0.4 is 5.32 Å². The lowest BCUT2D eigenvalue weighted by molar-refractivity contribution is -0.118. The molecule has 1 fully saturated rings. The van der Waals surface area contributed by atoms with Crippen LogP contribution in [0.15, 0.2) is 79.0 Å². The van der Waals surface area contributed by atoms with Crippen LogP contribution in [-0.4, -0.2) is 28.5 Å². The van der Waals surface area contributed by atoms with Crippen LogP contribution in [0.1, 0.15) is 63.1 Å². The fourth-order valence-electron chi connectivity index (χ4n) is 5.12. The minimum Gasteiger partial charge on any atom is -0.326 e. The maximum absolute atomic E-state index is 12.1. The first kappa shape index (κ1) is 26.7. The highest BCUT2D eigenvalue weighted by molar-refractivity contribution is 5.92. The normalized spacial score (nSPS) is 14.4. The fraction of sp³-hybridized carbons (Fsp3) is 0.364. The number of benzene rings is 3. The minimum absolute atomic E-state index is 0.0138. The molecular formula is C33H41N3O. The molecule has 1 aliphatic rings. The van der Waals surface area contributed by atoms with E-state index in [0.29, 0.717) is 5.92 Å². The number of nitrogens with one attached hydrogen (secondary N) is 1. The number of likely N-dealkylation sites (tertiary alicyclic amines) is 1. The molecule has 0 aliphatic carbocycles. The largest absolute Gasteiger partial charge is 0.326 e. The molecule has 0 unspecified atom stereocenters. The van der Waals surface area contributed by atoms with Gasteiger partial charge < -0.3 is 9.88 Å². The monoisotopic (exact) mass is 495 g/mol. The number of rotatable bonds is 6. The van der Waals surface area contributed by atoms with E-state index in [2.05, 4.69) is 94.6 Å². The van der Waals surface area contributed by atoms with Crippen molar-refractivity contribution in [2.75, 3.05) is 18.4 Å². The number of aryl methyl sites for hydroxylation is 1. The van der Waals surface area contributed by atoms with E-state index in [1.807, 2.05) is 33.8 Å². The van der Waals surface area contributed by atoms with Gasteiger partial charge in [-0.05, 0) is 86.3 Å². The maximum Gasteiger partial charge on any atom is 0.226 e. The Morgan fingerprint density at radius 3 is 2.35 bits per heavy atom. The lowest BCUT2D eigenvalue weighted by atomic mass is 9.89. The van der Waals surface area contributed by atoms with E-state index < -0.39 is 0 Å². The van der Waals surface area contributed by atoms with Gasteiger partial charge in [0.15, 0.2) is 0 Å². The summed E-state index contributed by atoms with van der Waals surface area (Å²) >= 11 is 0. The van der Waals surface area contributed by atoms with Gasteiger partial charge in [0, 0.05) is 35.4 Å². The van der Waals surface area contributed by atoms with Crippen molar-refractivity contribution in [3.8, 4) is 5.69 Å². The quantitative estimate of drug-likeness (QED) is 0.295. The average molecular weight is 496 g/mol. The summed E-state index contributed by atoms with van der Waals surface area (Å²) in [5, 5.41) is 4.38. The number of hydrogen-bond acceptors (Lipinski definition) is 2. The summed E-state index contributed by atoms with van der Waals surface area (Å²) in [6.07, 6.45) is 4.47. The molecule has 37 heavy (non-hydrogen) atoms. The van der Waals surface area contributed by atoms with E-state index in [-0.39, 0.29) is 11.8 Å². The molecule has 5 rings (SSSR count). The molecular weight excluding hydrogens is 454 g/mol. The molecule has 0 bridgehead atoms. The number of piperidine rings is 1. The van der Waals surface area contributed by atoms with Crippen LogP contribution in [0.2, 0.25) is 0 Å². The number of anilines is 1. The molecule has 1 aromatic heterocycles. The Bertz CT molecular complexity index is 1310. The van der Waals surface area contributed by atoms with E-state index in [1.165, 1.54) is 33.3 Å². The summed E-state index contributed by atoms with van der Waals surface area (Å²) in [7, 11) is 0. The van der Waals surface area contributed by atoms with Gasteiger partial charge in [-0.2, -0.15) is 0 Å². The third-order valence-corrected chi connectivity index (χ3v) is 7.27. The Morgan fingerprint density at radius 1 is 0.946 bits per heavy atom. The molecule has 194 valence electrons. The summed E-state index contributed by atoms with van der Waals surface area (Å²) in [6.45, 7) is 13.1. The third kappa shape index (κ3) is 6.31.